The second-order valence-corrected chi connectivity index (χ2v) is 4.01. The van der Waals surface area contributed by atoms with E-state index in [1.165, 1.54) is 5.56 Å². The maximum Gasteiger partial charge on any atom is 0.161 e. The second kappa shape index (κ2) is 3.63. The number of hydrogen-bond donors (Lipinski definition) is 2. The van der Waals surface area contributed by atoms with Crippen LogP contribution in [-0.2, 0) is 0 Å². The molecular formula is C12H14N2O2. The number of hydrogen-bond acceptors (Lipinski definition) is 4. The van der Waals surface area contributed by atoms with Gasteiger partial charge in [-0.2, -0.15) is 0 Å². The van der Waals surface area contributed by atoms with Gasteiger partial charge in [0.1, 0.15) is 13.2 Å². The summed E-state index contributed by atoms with van der Waals surface area (Å²) in [6.45, 7) is 2.10. The smallest absolute Gasteiger partial charge is 0.161 e. The average Bonchev–Trinajstić information content (AvgIpc) is 2.75. The van der Waals surface area contributed by atoms with Crippen LogP contribution in [0, 0.1) is 0 Å². The van der Waals surface area contributed by atoms with Gasteiger partial charge in [-0.1, -0.05) is 6.07 Å². The maximum atomic E-state index is 5.69. The minimum Gasteiger partial charge on any atom is -0.486 e. The Morgan fingerprint density at radius 3 is 2.75 bits per heavy atom. The summed E-state index contributed by atoms with van der Waals surface area (Å²) in [6.07, 6.45) is 2.03. The number of fused-ring (bicyclic) bond motifs is 1. The van der Waals surface area contributed by atoms with E-state index in [0.717, 1.165) is 23.9 Å². The average molecular weight is 218 g/mol. The molecular weight excluding hydrogens is 204 g/mol. The van der Waals surface area contributed by atoms with Crippen LogP contribution in [0.1, 0.15) is 11.5 Å². The summed E-state index contributed by atoms with van der Waals surface area (Å²) >= 11 is 0. The van der Waals surface area contributed by atoms with Gasteiger partial charge in [-0.3, -0.25) is 0 Å². The lowest BCUT2D eigenvalue weighted by Gasteiger charge is -2.19. The normalized spacial score (nSPS) is 22.5. The monoisotopic (exact) mass is 218 g/mol. The first-order valence-corrected chi connectivity index (χ1v) is 5.43. The molecule has 1 atom stereocenters. The summed E-state index contributed by atoms with van der Waals surface area (Å²) < 4.78 is 11.0. The summed E-state index contributed by atoms with van der Waals surface area (Å²) in [5.41, 5.74) is 6.90. The molecule has 4 nitrogen and oxygen atoms in total. The molecule has 0 saturated heterocycles. The molecule has 1 aromatic carbocycles. The van der Waals surface area contributed by atoms with Crippen molar-refractivity contribution in [3.63, 3.8) is 0 Å². The van der Waals surface area contributed by atoms with Crippen molar-refractivity contribution >= 4 is 0 Å². The molecule has 0 fully saturated rings. The fraction of sp³-hybridized carbons (Fsp3) is 0.333. The van der Waals surface area contributed by atoms with Gasteiger partial charge >= 0.3 is 0 Å². The molecule has 2 aliphatic heterocycles. The van der Waals surface area contributed by atoms with E-state index in [1.807, 2.05) is 18.2 Å². The van der Waals surface area contributed by atoms with Crippen LogP contribution < -0.4 is 20.5 Å². The summed E-state index contributed by atoms with van der Waals surface area (Å²) in [5.74, 6) is 2.75. The quantitative estimate of drug-likeness (QED) is 0.736. The van der Waals surface area contributed by atoms with E-state index < -0.39 is 0 Å². The molecule has 0 spiro atoms. The van der Waals surface area contributed by atoms with Crippen molar-refractivity contribution in [1.82, 2.24) is 5.32 Å². The third kappa shape index (κ3) is 1.56. The first kappa shape index (κ1) is 9.39. The zero-order valence-electron chi connectivity index (χ0n) is 8.90. The Morgan fingerprint density at radius 2 is 2.00 bits per heavy atom. The van der Waals surface area contributed by atoms with E-state index in [-0.39, 0.29) is 0 Å². The highest BCUT2D eigenvalue weighted by molar-refractivity contribution is 5.46. The topological polar surface area (TPSA) is 56.5 Å². The van der Waals surface area contributed by atoms with Crippen LogP contribution in [0.4, 0.5) is 0 Å². The van der Waals surface area contributed by atoms with Gasteiger partial charge in [0, 0.05) is 12.5 Å². The fourth-order valence-electron chi connectivity index (χ4n) is 2.07. The molecule has 0 aliphatic carbocycles. The highest BCUT2D eigenvalue weighted by Gasteiger charge is 2.18. The molecule has 16 heavy (non-hydrogen) atoms. The summed E-state index contributed by atoms with van der Waals surface area (Å²) in [6, 6.07) is 6.07. The van der Waals surface area contributed by atoms with Crippen LogP contribution in [-0.4, -0.2) is 19.8 Å². The number of benzene rings is 1. The van der Waals surface area contributed by atoms with Crippen molar-refractivity contribution in [2.45, 2.75) is 5.92 Å². The Labute approximate surface area is 94.0 Å². The molecule has 3 rings (SSSR count). The Kier molecular flexibility index (Phi) is 2.13. The van der Waals surface area contributed by atoms with Gasteiger partial charge in [0.25, 0.3) is 0 Å². The van der Waals surface area contributed by atoms with E-state index in [9.17, 15) is 0 Å². The van der Waals surface area contributed by atoms with Crippen LogP contribution in [0.5, 0.6) is 11.5 Å². The minimum absolute atomic E-state index is 0.329. The number of rotatable bonds is 1. The van der Waals surface area contributed by atoms with Crippen LogP contribution in [0.3, 0.4) is 0 Å². The highest BCUT2D eigenvalue weighted by Crippen LogP contribution is 2.34. The molecule has 2 aliphatic rings. The van der Waals surface area contributed by atoms with E-state index in [4.69, 9.17) is 15.2 Å². The number of ether oxygens (including phenoxy) is 2. The van der Waals surface area contributed by atoms with Crippen LogP contribution in [0.15, 0.2) is 30.1 Å². The highest BCUT2D eigenvalue weighted by atomic mass is 16.6. The van der Waals surface area contributed by atoms with Crippen molar-refractivity contribution in [1.29, 1.82) is 0 Å². The van der Waals surface area contributed by atoms with Crippen LogP contribution in [0.25, 0.3) is 0 Å². The van der Waals surface area contributed by atoms with E-state index in [2.05, 4.69) is 11.4 Å². The van der Waals surface area contributed by atoms with Crippen LogP contribution >= 0.6 is 0 Å². The lowest BCUT2D eigenvalue weighted by molar-refractivity contribution is 0.171. The lowest BCUT2D eigenvalue weighted by Crippen LogP contribution is -2.17. The minimum atomic E-state index is 0.329. The molecule has 1 unspecified atom stereocenters. The van der Waals surface area contributed by atoms with Gasteiger partial charge in [0.15, 0.2) is 11.5 Å². The van der Waals surface area contributed by atoms with Crippen molar-refractivity contribution in [3.05, 3.63) is 35.7 Å². The van der Waals surface area contributed by atoms with Crippen molar-refractivity contribution in [3.8, 4) is 11.5 Å². The van der Waals surface area contributed by atoms with Gasteiger partial charge in [0.2, 0.25) is 0 Å². The van der Waals surface area contributed by atoms with Gasteiger partial charge < -0.3 is 20.5 Å². The third-order valence-electron chi connectivity index (χ3n) is 2.90. The van der Waals surface area contributed by atoms with Crippen LogP contribution in [0.2, 0.25) is 0 Å². The zero-order valence-corrected chi connectivity index (χ0v) is 8.90. The predicted octanol–water partition coefficient (Wildman–Crippen LogP) is 0.945. The lowest BCUT2D eigenvalue weighted by atomic mass is 10.00. The van der Waals surface area contributed by atoms with Crippen molar-refractivity contribution < 1.29 is 9.47 Å². The largest absolute Gasteiger partial charge is 0.486 e. The number of nitrogens with one attached hydrogen (secondary N) is 1. The van der Waals surface area contributed by atoms with Crippen molar-refractivity contribution in [2.75, 3.05) is 19.8 Å². The first-order chi connectivity index (χ1) is 7.83. The van der Waals surface area contributed by atoms with E-state index >= 15 is 0 Å². The maximum absolute atomic E-state index is 5.69. The Morgan fingerprint density at radius 1 is 1.19 bits per heavy atom. The molecule has 2 heterocycles. The van der Waals surface area contributed by atoms with Gasteiger partial charge in [0.05, 0.1) is 5.82 Å². The van der Waals surface area contributed by atoms with E-state index in [1.54, 1.807) is 0 Å². The van der Waals surface area contributed by atoms with Crippen molar-refractivity contribution in [2.24, 2.45) is 5.73 Å². The predicted molar refractivity (Wildman–Crippen MR) is 60.4 cm³/mol. The molecule has 0 saturated carbocycles. The Bertz CT molecular complexity index is 443. The summed E-state index contributed by atoms with van der Waals surface area (Å²) in [5, 5.41) is 3.11. The fourth-order valence-corrected chi connectivity index (χ4v) is 2.07. The SMILES string of the molecule is NC1=CC(c2ccc3c(c2)OCCO3)CN1. The van der Waals surface area contributed by atoms with Gasteiger partial charge in [-0.25, -0.2) is 0 Å². The first-order valence-electron chi connectivity index (χ1n) is 5.43. The van der Waals surface area contributed by atoms with E-state index in [0.29, 0.717) is 19.1 Å². The Balaban J connectivity index is 1.91. The standard InChI is InChI=1S/C12H14N2O2/c13-12-6-9(7-14-12)8-1-2-10-11(5-8)16-4-3-15-10/h1-2,5-6,9,14H,3-4,7,13H2. The van der Waals surface area contributed by atoms with Gasteiger partial charge in [-0.05, 0) is 23.8 Å². The molecule has 3 N–H and O–H groups in total. The molecule has 0 aromatic heterocycles. The summed E-state index contributed by atoms with van der Waals surface area (Å²) in [7, 11) is 0. The molecule has 0 amide bonds. The second-order valence-electron chi connectivity index (χ2n) is 4.01. The zero-order chi connectivity index (χ0) is 11.0. The van der Waals surface area contributed by atoms with Gasteiger partial charge in [-0.15, -0.1) is 0 Å². The summed E-state index contributed by atoms with van der Waals surface area (Å²) in [4.78, 5) is 0. The Hall–Kier alpha value is -1.84. The molecule has 4 heteroatoms. The molecule has 0 bridgehead atoms. The molecule has 0 radical (unpaired) electrons. The molecule has 1 aromatic rings. The molecule has 84 valence electrons. The number of nitrogens with two attached hydrogens (primary N) is 1. The third-order valence-corrected chi connectivity index (χ3v) is 2.90.